The predicted molar refractivity (Wildman–Crippen MR) is 464 cm³/mol. The van der Waals surface area contributed by atoms with Gasteiger partial charge in [-0.15, -0.1) is 0 Å². The lowest BCUT2D eigenvalue weighted by Crippen LogP contribution is -2.44. The van der Waals surface area contributed by atoms with Gasteiger partial charge < -0.3 is 55.6 Å². The SMILES string of the molecule is C=C/C(C)=C/C1(C)SC(=O)C(Cc2ccc(-c3ccc(C(=C)O)cc3)cc2)=C1O.C=C/C(C)=C/C1(C)SC(=O)C(Cc2ccc(NC(=C)N3CCN(C)CC3)cc2)=C1O.C=C/C(C)=C/C1(C)SC(=O)C(Cc2ccc(NC(=C)N3CCOCC3)cc2)=C1O.C=C/C(C)=C/C1(C)SC(=O)C(Cc2ccccc2)=C1O.CC. The Morgan fingerprint density at radius 2 is 0.700 bits per heavy atom. The van der Waals surface area contributed by atoms with Crippen LogP contribution in [0.3, 0.4) is 0 Å². The zero-order valence-electron chi connectivity index (χ0n) is 65.4. The number of aliphatic hydroxyl groups excluding tert-OH is 5. The van der Waals surface area contributed by atoms with Crippen LogP contribution in [0.25, 0.3) is 16.9 Å². The maximum absolute atomic E-state index is 12.5. The fourth-order valence-corrected chi connectivity index (χ4v) is 17.2. The van der Waals surface area contributed by atoms with Crippen molar-refractivity contribution in [3.8, 4) is 11.1 Å². The number of aliphatic hydroxyl groups is 5. The highest BCUT2D eigenvalue weighted by molar-refractivity contribution is 8.16. The molecule has 4 atom stereocenters. The number of hydrogen-bond donors (Lipinski definition) is 7. The Balaban J connectivity index is 0.000000204. The van der Waals surface area contributed by atoms with Gasteiger partial charge in [0.15, 0.2) is 0 Å². The summed E-state index contributed by atoms with van der Waals surface area (Å²) in [6.45, 7) is 52.9. The van der Waals surface area contributed by atoms with Crippen LogP contribution in [-0.4, -0.2) is 139 Å². The maximum Gasteiger partial charge on any atom is 0.220 e. The van der Waals surface area contributed by atoms with Gasteiger partial charge in [0, 0.05) is 104 Å². The molecule has 11 rings (SSSR count). The molecule has 7 N–H and O–H groups in total. The van der Waals surface area contributed by atoms with Crippen LogP contribution in [-0.2, 0) is 49.6 Å². The van der Waals surface area contributed by atoms with Gasteiger partial charge in [-0.2, -0.15) is 0 Å². The first-order valence-electron chi connectivity index (χ1n) is 36.6. The molecule has 2 saturated heterocycles. The summed E-state index contributed by atoms with van der Waals surface area (Å²) < 4.78 is 2.47. The molecule has 110 heavy (non-hydrogen) atoms. The summed E-state index contributed by atoms with van der Waals surface area (Å²) in [6, 6.07) is 40.9. The number of morpholine rings is 1. The Labute approximate surface area is 668 Å². The summed E-state index contributed by atoms with van der Waals surface area (Å²) in [7, 11) is 2.13. The van der Waals surface area contributed by atoms with E-state index in [2.05, 4.69) is 78.4 Å². The Hall–Kier alpha value is -9.60. The van der Waals surface area contributed by atoms with Crippen molar-refractivity contribution >= 4 is 84.6 Å². The Bertz CT molecular complexity index is 4530. The predicted octanol–water partition coefficient (Wildman–Crippen LogP) is 20.4. The average molecular weight is 1560 g/mol. The van der Waals surface area contributed by atoms with Gasteiger partial charge >= 0.3 is 0 Å². The molecule has 15 nitrogen and oxygen atoms in total. The Morgan fingerprint density at radius 3 is 0.991 bits per heavy atom. The molecule has 0 amide bonds. The molecule has 0 aromatic heterocycles. The smallest absolute Gasteiger partial charge is 0.220 e. The number of likely N-dealkylation sites (N-methyl/N-ethyl adjacent to an activating group) is 1. The van der Waals surface area contributed by atoms with Gasteiger partial charge in [-0.3, -0.25) is 19.2 Å². The van der Waals surface area contributed by atoms with Crippen molar-refractivity contribution in [2.75, 3.05) is 70.2 Å². The molecule has 6 aliphatic rings. The molecule has 5 aromatic carbocycles. The van der Waals surface area contributed by atoms with E-state index in [1.807, 2.05) is 221 Å². The number of nitrogens with one attached hydrogen (secondary N) is 2. The minimum Gasteiger partial charge on any atom is -0.510 e. The number of nitrogens with zero attached hydrogens (tertiary/aromatic N) is 3. The van der Waals surface area contributed by atoms with Crippen LogP contribution < -0.4 is 10.6 Å². The first-order chi connectivity index (χ1) is 52.2. The molecule has 4 unspecified atom stereocenters. The summed E-state index contributed by atoms with van der Waals surface area (Å²) in [5.74, 6) is 2.36. The quantitative estimate of drug-likeness (QED) is 0.0226. The second kappa shape index (κ2) is 39.9. The number of allylic oxidation sites excluding steroid dienone is 8. The third-order valence-corrected chi connectivity index (χ3v) is 23.8. The van der Waals surface area contributed by atoms with E-state index in [1.165, 1.54) is 0 Å². The van der Waals surface area contributed by atoms with Crippen molar-refractivity contribution in [2.24, 2.45) is 0 Å². The molecular formula is C91H107N5O10S4. The van der Waals surface area contributed by atoms with Gasteiger partial charge in [-0.05, 0) is 120 Å². The molecule has 5 aromatic rings. The molecular weight excluding hydrogens is 1450 g/mol. The van der Waals surface area contributed by atoms with E-state index in [9.17, 15) is 44.7 Å². The highest BCUT2D eigenvalue weighted by Crippen LogP contribution is 2.49. The van der Waals surface area contributed by atoms with Gasteiger partial charge in [-0.25, -0.2) is 0 Å². The summed E-state index contributed by atoms with van der Waals surface area (Å²) in [4.78, 5) is 56.5. The van der Waals surface area contributed by atoms with Gasteiger partial charge in [0.1, 0.15) is 28.8 Å². The van der Waals surface area contributed by atoms with Crippen molar-refractivity contribution in [3.63, 3.8) is 0 Å². The number of benzene rings is 5. The number of carbonyl (C=O) groups is 4. The Morgan fingerprint density at radius 1 is 0.427 bits per heavy atom. The van der Waals surface area contributed by atoms with Crippen LogP contribution in [0, 0.1) is 0 Å². The average Bonchev–Trinajstić information content (AvgIpc) is 1.66. The monoisotopic (exact) mass is 1560 g/mol. The topological polar surface area (TPSA) is 212 Å². The summed E-state index contributed by atoms with van der Waals surface area (Å²) in [6.07, 6.45) is 16.1. The van der Waals surface area contributed by atoms with Crippen LogP contribution in [0.5, 0.6) is 0 Å². The lowest BCUT2D eigenvalue weighted by molar-refractivity contribution is -0.108. The minimum absolute atomic E-state index is 0.0456. The van der Waals surface area contributed by atoms with Gasteiger partial charge in [0.05, 0.1) is 43.8 Å². The maximum atomic E-state index is 12.5. The second-order valence-corrected chi connectivity index (χ2v) is 33.7. The molecule has 6 heterocycles. The molecule has 2 fully saturated rings. The summed E-state index contributed by atoms with van der Waals surface area (Å²) >= 11 is 4.60. The third kappa shape index (κ3) is 23.2. The summed E-state index contributed by atoms with van der Waals surface area (Å²) in [5.41, 5.74) is 14.2. The van der Waals surface area contributed by atoms with Crippen molar-refractivity contribution < 1.29 is 49.4 Å². The standard InChI is InChI=1S/C25H24O3S.C24H31N3O2S.C23H28N2O3S.C17H18O2S.C2H6/c1-5-16(2)15-25(4)23(27)22(24(28)29-25)14-18-6-8-20(9-7-18)21-12-10-19(11-13-21)17(3)26;1-6-17(2)16-24(4)22(28)21(23(29)30-24)15-19-7-9-20(10-8-19)25-18(3)27-13-11-26(5)12-14-27;1-5-16(2)15-23(4)21(26)20(22(27)29-23)14-18-6-8-19(9-7-18)24-17(3)25-10-12-28-13-11-25;1-4-12(2)11-17(3)15(18)14(16(19)20-17)10-13-8-6-5-7-9-13;1-2/h5-13,15,26-27H,1,3,14H2,2,4H3;6-10,16,25,28H,1,3,11-15H2,2,4-5H3;5-9,15,24,26H,1,3,10-14H2,2,4H3;4-9,11,18H,1,10H2,2-3H3;1-2H3/b16-15+;17-16+;16-15+;12-11+;. The first-order valence-corrected chi connectivity index (χ1v) is 39.9. The number of rotatable bonds is 24. The molecule has 0 saturated carbocycles. The van der Waals surface area contributed by atoms with E-state index >= 15 is 0 Å². The Kier molecular flexibility index (Phi) is 31.7. The highest BCUT2D eigenvalue weighted by Gasteiger charge is 2.45. The number of piperazine rings is 1. The highest BCUT2D eigenvalue weighted by atomic mass is 32.2. The fourth-order valence-electron chi connectivity index (χ4n) is 12.7. The largest absolute Gasteiger partial charge is 0.510 e. The molecule has 0 radical (unpaired) electrons. The third-order valence-electron chi connectivity index (χ3n) is 19.2. The van der Waals surface area contributed by atoms with Crippen LogP contribution >= 0.6 is 47.0 Å². The van der Waals surface area contributed by atoms with E-state index in [-0.39, 0.29) is 49.3 Å². The normalized spacial score (nSPS) is 21.7. The van der Waals surface area contributed by atoms with Gasteiger partial charge in [-0.1, -0.05) is 281 Å². The molecule has 19 heteroatoms. The molecule has 580 valence electrons. The minimum atomic E-state index is -0.747. The van der Waals surface area contributed by atoms with Crippen molar-refractivity contribution in [1.82, 2.24) is 14.7 Å². The summed E-state index contributed by atoms with van der Waals surface area (Å²) in [5, 5.41) is 58.5. The first kappa shape index (κ1) is 87.6. The molecule has 0 spiro atoms. The number of carbonyl (C=O) groups excluding carboxylic acids is 4. The number of ether oxygens (including phenoxy) is 1. The van der Waals surface area contributed by atoms with Crippen LogP contribution in [0.4, 0.5) is 11.4 Å². The lowest BCUT2D eigenvalue weighted by Gasteiger charge is -2.35. The number of anilines is 2. The zero-order chi connectivity index (χ0) is 80.8. The van der Waals surface area contributed by atoms with Crippen LogP contribution in [0.2, 0.25) is 0 Å². The van der Waals surface area contributed by atoms with E-state index in [1.54, 1.807) is 24.3 Å². The number of hydrogen-bond acceptors (Lipinski definition) is 19. The van der Waals surface area contributed by atoms with E-state index in [0.29, 0.717) is 66.8 Å². The van der Waals surface area contributed by atoms with Crippen molar-refractivity contribution in [2.45, 2.75) is 114 Å². The van der Waals surface area contributed by atoms with Crippen molar-refractivity contribution in [3.05, 3.63) is 329 Å². The van der Waals surface area contributed by atoms with Gasteiger partial charge in [0.2, 0.25) is 20.5 Å². The number of thioether (sulfide) groups is 4. The van der Waals surface area contributed by atoms with E-state index in [4.69, 9.17) is 4.74 Å². The van der Waals surface area contributed by atoms with Crippen molar-refractivity contribution in [1.29, 1.82) is 0 Å². The lowest BCUT2D eigenvalue weighted by atomic mass is 9.96. The molecule has 0 bridgehead atoms. The fraction of sp³-hybridized carbons (Fsp3) is 0.297. The van der Waals surface area contributed by atoms with Gasteiger partial charge in [0.25, 0.3) is 0 Å². The molecule has 0 aliphatic carbocycles. The second-order valence-electron chi connectivity index (χ2n) is 28.0. The van der Waals surface area contributed by atoms with E-state index in [0.717, 1.165) is 165 Å². The van der Waals surface area contributed by atoms with Crippen LogP contribution in [0.1, 0.15) is 97.1 Å². The van der Waals surface area contributed by atoms with Crippen LogP contribution in [0.15, 0.2) is 301 Å². The van der Waals surface area contributed by atoms with E-state index < -0.39 is 19.0 Å². The zero-order valence-corrected chi connectivity index (χ0v) is 68.7. The molecule has 6 aliphatic heterocycles.